The number of rotatable bonds is 1. The largest absolute Gasteiger partial charge is 0.320 e. The fourth-order valence-corrected chi connectivity index (χ4v) is 2.23. The third-order valence-corrected chi connectivity index (χ3v) is 3.16. The summed E-state index contributed by atoms with van der Waals surface area (Å²) in [5.41, 5.74) is 0.883. The van der Waals surface area contributed by atoms with Gasteiger partial charge in [0.25, 0.3) is 0 Å². The average Bonchev–Trinajstić information content (AvgIpc) is 2.38. The number of carbonyl (C=O) groups excluding carboxylic acids is 1. The molecule has 3 rings (SSSR count). The third-order valence-electron chi connectivity index (χ3n) is 3.16. The van der Waals surface area contributed by atoms with Crippen molar-refractivity contribution in [2.24, 2.45) is 0 Å². The van der Waals surface area contributed by atoms with E-state index in [1.54, 1.807) is 6.92 Å². The van der Waals surface area contributed by atoms with Gasteiger partial charge in [0.2, 0.25) is 0 Å². The molecule has 0 spiro atoms. The van der Waals surface area contributed by atoms with Gasteiger partial charge in [0.15, 0.2) is 0 Å². The zero-order chi connectivity index (χ0) is 11.8. The molecule has 0 amide bonds. The van der Waals surface area contributed by atoms with Crippen LogP contribution in [-0.2, 0) is 0 Å². The van der Waals surface area contributed by atoms with E-state index in [1.807, 2.05) is 24.3 Å². The van der Waals surface area contributed by atoms with Crippen LogP contribution in [0.2, 0.25) is 0 Å². The molecule has 1 N–H and O–H groups in total. The summed E-state index contributed by atoms with van der Waals surface area (Å²) in [6.07, 6.45) is 0. The SMILES string of the molecule is CC(=[OH+])c1ccc2ccc3ccccc3c2c1. The fourth-order valence-electron chi connectivity index (χ4n) is 2.23. The van der Waals surface area contributed by atoms with Crippen molar-refractivity contribution in [3.05, 3.63) is 60.2 Å². The summed E-state index contributed by atoms with van der Waals surface area (Å²) in [6, 6.07) is 18.6. The minimum Gasteiger partial charge on any atom is -0.278 e. The maximum absolute atomic E-state index is 9.57. The zero-order valence-electron chi connectivity index (χ0n) is 9.64. The molecule has 0 bridgehead atoms. The average molecular weight is 221 g/mol. The van der Waals surface area contributed by atoms with Gasteiger partial charge in [-0.15, -0.1) is 0 Å². The van der Waals surface area contributed by atoms with Crippen LogP contribution in [0.3, 0.4) is 0 Å². The van der Waals surface area contributed by atoms with E-state index >= 15 is 0 Å². The van der Waals surface area contributed by atoms with Crippen LogP contribution in [0.4, 0.5) is 0 Å². The highest BCUT2D eigenvalue weighted by Crippen LogP contribution is 2.26. The van der Waals surface area contributed by atoms with E-state index in [0.717, 1.165) is 5.56 Å². The highest BCUT2D eigenvalue weighted by Gasteiger charge is 2.07. The molecule has 0 radical (unpaired) electrons. The van der Waals surface area contributed by atoms with Gasteiger partial charge in [-0.1, -0.05) is 42.5 Å². The Balaban J connectivity index is 2.46. The van der Waals surface area contributed by atoms with E-state index in [1.165, 1.54) is 21.5 Å². The first-order valence-electron chi connectivity index (χ1n) is 5.70. The summed E-state index contributed by atoms with van der Waals surface area (Å²) in [7, 11) is 0. The smallest absolute Gasteiger partial charge is 0.278 e. The van der Waals surface area contributed by atoms with E-state index in [4.69, 9.17) is 0 Å². The lowest BCUT2D eigenvalue weighted by atomic mass is 9.99. The minimum absolute atomic E-state index is 0.361. The van der Waals surface area contributed by atoms with Gasteiger partial charge in [0.05, 0.1) is 12.5 Å². The van der Waals surface area contributed by atoms with Crippen molar-refractivity contribution in [1.29, 1.82) is 0 Å². The summed E-state index contributed by atoms with van der Waals surface area (Å²) >= 11 is 0. The molecule has 0 aliphatic rings. The van der Waals surface area contributed by atoms with Gasteiger partial charge in [-0.05, 0) is 33.7 Å². The van der Waals surface area contributed by atoms with Crippen molar-refractivity contribution in [3.63, 3.8) is 0 Å². The molecule has 0 unspecified atom stereocenters. The molecular weight excluding hydrogens is 208 g/mol. The maximum atomic E-state index is 9.57. The number of ketones is 1. The van der Waals surface area contributed by atoms with E-state index in [9.17, 15) is 4.79 Å². The summed E-state index contributed by atoms with van der Waals surface area (Å²) in [6.45, 7) is 1.71. The van der Waals surface area contributed by atoms with Gasteiger partial charge >= 0.3 is 5.78 Å². The van der Waals surface area contributed by atoms with Crippen LogP contribution in [-0.4, -0.2) is 10.6 Å². The van der Waals surface area contributed by atoms with E-state index in [2.05, 4.69) is 30.3 Å². The molecule has 0 aromatic heterocycles. The van der Waals surface area contributed by atoms with Gasteiger partial charge in [-0.2, -0.15) is 0 Å². The Kier molecular flexibility index (Phi) is 2.19. The first kappa shape index (κ1) is 10.0. The van der Waals surface area contributed by atoms with Gasteiger partial charge in [0, 0.05) is 0 Å². The highest BCUT2D eigenvalue weighted by atomic mass is 16.1. The van der Waals surface area contributed by atoms with E-state index in [-0.39, 0.29) is 0 Å². The monoisotopic (exact) mass is 221 g/mol. The Labute approximate surface area is 99.7 Å². The number of hydrogen-bond acceptors (Lipinski definition) is 0. The lowest BCUT2D eigenvalue weighted by Crippen LogP contribution is -1.93. The Morgan fingerprint density at radius 1 is 0.824 bits per heavy atom. The molecule has 3 aromatic rings. The Hall–Kier alpha value is -2.15. The lowest BCUT2D eigenvalue weighted by molar-refractivity contribution is 0.675. The first-order chi connectivity index (χ1) is 8.25. The molecular formula is C16H13O+. The molecule has 1 nitrogen and oxygen atoms in total. The van der Waals surface area contributed by atoms with E-state index in [0.29, 0.717) is 5.78 Å². The number of benzene rings is 3. The van der Waals surface area contributed by atoms with Gasteiger partial charge in [-0.3, -0.25) is 4.79 Å². The summed E-state index contributed by atoms with van der Waals surface area (Å²) in [5, 5.41) is 4.85. The zero-order valence-corrected chi connectivity index (χ0v) is 9.64. The van der Waals surface area contributed by atoms with Gasteiger partial charge < -0.3 is 0 Å². The molecule has 17 heavy (non-hydrogen) atoms. The predicted molar refractivity (Wildman–Crippen MR) is 73.2 cm³/mol. The van der Waals surface area contributed by atoms with E-state index < -0.39 is 0 Å². The van der Waals surface area contributed by atoms with Crippen molar-refractivity contribution in [1.82, 2.24) is 0 Å². The van der Waals surface area contributed by atoms with Crippen LogP contribution in [0.15, 0.2) is 54.6 Å². The van der Waals surface area contributed by atoms with Crippen LogP contribution in [0, 0.1) is 0 Å². The number of hydrogen-bond donors (Lipinski definition) is 0. The maximum Gasteiger partial charge on any atom is 0.320 e. The standard InChI is InChI=1S/C16H12O/c1-11(17)14-9-8-13-7-6-12-4-2-3-5-15(12)16(13)10-14/h2-10H,1H3/p+1. The second-order valence-corrected chi connectivity index (χ2v) is 4.31. The quantitative estimate of drug-likeness (QED) is 0.337. The van der Waals surface area contributed by atoms with Crippen molar-refractivity contribution in [2.45, 2.75) is 6.92 Å². The van der Waals surface area contributed by atoms with Gasteiger partial charge in [0.1, 0.15) is 0 Å². The molecule has 3 aromatic carbocycles. The van der Waals surface area contributed by atoms with Crippen LogP contribution >= 0.6 is 0 Å². The molecule has 0 aliphatic carbocycles. The highest BCUT2D eigenvalue weighted by molar-refractivity contribution is 6.10. The Morgan fingerprint density at radius 2 is 1.47 bits per heavy atom. The second-order valence-electron chi connectivity index (χ2n) is 4.31. The lowest BCUT2D eigenvalue weighted by Gasteiger charge is -2.04. The second kappa shape index (κ2) is 3.70. The molecule has 0 aliphatic heterocycles. The molecule has 1 heteroatoms. The molecule has 0 saturated carbocycles. The molecule has 82 valence electrons. The van der Waals surface area contributed by atoms with Gasteiger partial charge in [-0.25, -0.2) is 0 Å². The summed E-state index contributed by atoms with van der Waals surface area (Å²) in [4.78, 5) is 9.57. The molecule has 0 atom stereocenters. The Morgan fingerprint density at radius 3 is 2.24 bits per heavy atom. The van der Waals surface area contributed by atoms with Crippen LogP contribution in [0.5, 0.6) is 0 Å². The van der Waals surface area contributed by atoms with Crippen molar-refractivity contribution in [3.8, 4) is 0 Å². The molecule has 0 saturated heterocycles. The molecule has 0 heterocycles. The van der Waals surface area contributed by atoms with Crippen molar-refractivity contribution < 1.29 is 4.79 Å². The Bertz CT molecular complexity index is 726. The van der Waals surface area contributed by atoms with Crippen molar-refractivity contribution in [2.75, 3.05) is 0 Å². The van der Waals surface area contributed by atoms with Crippen LogP contribution in [0.25, 0.3) is 21.5 Å². The first-order valence-corrected chi connectivity index (χ1v) is 5.70. The normalized spacial score (nSPS) is 10.9. The molecule has 0 fully saturated rings. The number of fused-ring (bicyclic) bond motifs is 3. The predicted octanol–water partition coefficient (Wildman–Crippen LogP) is 3.91. The summed E-state index contributed by atoms with van der Waals surface area (Å²) in [5.74, 6) is 0.361. The topological polar surface area (TPSA) is 21.4 Å². The summed E-state index contributed by atoms with van der Waals surface area (Å²) < 4.78 is 0. The van der Waals surface area contributed by atoms with Crippen LogP contribution in [0.1, 0.15) is 12.5 Å². The van der Waals surface area contributed by atoms with Crippen molar-refractivity contribution >= 4 is 27.3 Å². The fraction of sp³-hybridized carbons (Fsp3) is 0.0625. The third kappa shape index (κ3) is 1.60. The van der Waals surface area contributed by atoms with Crippen LogP contribution < -0.4 is 0 Å². The minimum atomic E-state index is 0.361.